The van der Waals surface area contributed by atoms with Crippen LogP contribution in [0.25, 0.3) is 16.9 Å². The summed E-state index contributed by atoms with van der Waals surface area (Å²) in [5.41, 5.74) is 2.33. The van der Waals surface area contributed by atoms with E-state index in [1.165, 1.54) is 0 Å². The summed E-state index contributed by atoms with van der Waals surface area (Å²) in [4.78, 5) is 21.7. The molecule has 0 bridgehead atoms. The van der Waals surface area contributed by atoms with Crippen LogP contribution >= 0.6 is 0 Å². The zero-order chi connectivity index (χ0) is 23.4. The third-order valence-corrected chi connectivity index (χ3v) is 5.12. The van der Waals surface area contributed by atoms with E-state index in [0.29, 0.717) is 23.0 Å². The second-order valence-corrected chi connectivity index (χ2v) is 7.42. The maximum Gasteiger partial charge on any atom is 0.261 e. The fraction of sp³-hybridized carbons (Fsp3) is 0.250. The molecule has 9 heteroatoms. The number of carbonyl (C=O) groups is 1. The minimum Gasteiger partial charge on any atom is -0.497 e. The van der Waals surface area contributed by atoms with Crippen molar-refractivity contribution < 1.29 is 19.0 Å². The lowest BCUT2D eigenvalue weighted by Crippen LogP contribution is -2.38. The van der Waals surface area contributed by atoms with Crippen LogP contribution in [0.2, 0.25) is 0 Å². The summed E-state index contributed by atoms with van der Waals surface area (Å²) in [5, 5.41) is 7.34. The lowest BCUT2D eigenvalue weighted by molar-refractivity contribution is -0.128. The standard InChI is InChI=1S/C24H25N5O4/c1-15(26-24(30)16(2)33-21-8-6-5-7-20(21)32-4)23-27-22-13-19(25-14-29(22)28-23)17-9-11-18(31-3)12-10-17/h5-16H,1-4H3,(H,26,30)/t15-,16+/m0/s1. The molecule has 33 heavy (non-hydrogen) atoms. The van der Waals surface area contributed by atoms with Gasteiger partial charge in [0, 0.05) is 11.6 Å². The summed E-state index contributed by atoms with van der Waals surface area (Å²) in [6.45, 7) is 3.50. The first-order valence-corrected chi connectivity index (χ1v) is 10.4. The van der Waals surface area contributed by atoms with Gasteiger partial charge in [-0.25, -0.2) is 14.5 Å². The number of methoxy groups -OCH3 is 2. The molecule has 0 aliphatic rings. The summed E-state index contributed by atoms with van der Waals surface area (Å²) < 4.78 is 17.8. The SMILES string of the molecule is COc1ccc(-c2cc3nc([C@H](C)NC(=O)[C@@H](C)Oc4ccccc4OC)nn3cn2)cc1. The number of carbonyl (C=O) groups excluding carboxylic acids is 1. The van der Waals surface area contributed by atoms with E-state index < -0.39 is 12.1 Å². The van der Waals surface area contributed by atoms with Gasteiger partial charge in [-0.05, 0) is 50.2 Å². The van der Waals surface area contributed by atoms with E-state index in [0.717, 1.165) is 17.0 Å². The molecule has 1 N–H and O–H groups in total. The number of fused-ring (bicyclic) bond motifs is 1. The Labute approximate surface area is 191 Å². The van der Waals surface area contributed by atoms with Gasteiger partial charge in [-0.2, -0.15) is 0 Å². The molecule has 0 spiro atoms. The maximum atomic E-state index is 12.7. The van der Waals surface area contributed by atoms with Crippen LogP contribution in [-0.2, 0) is 4.79 Å². The number of hydrogen-bond donors (Lipinski definition) is 1. The summed E-state index contributed by atoms with van der Waals surface area (Å²) in [5.74, 6) is 2.02. The van der Waals surface area contributed by atoms with Crippen molar-refractivity contribution in [3.05, 3.63) is 66.7 Å². The lowest BCUT2D eigenvalue weighted by Gasteiger charge is -2.18. The normalized spacial score (nSPS) is 12.7. The zero-order valence-electron chi connectivity index (χ0n) is 18.9. The molecule has 0 aliphatic heterocycles. The average Bonchev–Trinajstić information content (AvgIpc) is 3.28. The predicted molar refractivity (Wildman–Crippen MR) is 122 cm³/mol. The molecular formula is C24H25N5O4. The summed E-state index contributed by atoms with van der Waals surface area (Å²) >= 11 is 0. The van der Waals surface area contributed by atoms with Crippen LogP contribution in [0.1, 0.15) is 25.7 Å². The monoisotopic (exact) mass is 447 g/mol. The van der Waals surface area contributed by atoms with Gasteiger partial charge in [0.2, 0.25) is 0 Å². The largest absolute Gasteiger partial charge is 0.497 e. The molecule has 170 valence electrons. The molecule has 2 aromatic carbocycles. The first-order valence-electron chi connectivity index (χ1n) is 10.4. The summed E-state index contributed by atoms with van der Waals surface area (Å²) in [6, 6.07) is 16.2. The number of amides is 1. The molecule has 0 unspecified atom stereocenters. The highest BCUT2D eigenvalue weighted by Crippen LogP contribution is 2.27. The molecule has 4 rings (SSSR count). The highest BCUT2D eigenvalue weighted by atomic mass is 16.5. The van der Waals surface area contributed by atoms with Crippen LogP contribution in [0, 0.1) is 0 Å². The predicted octanol–water partition coefficient (Wildman–Crippen LogP) is 3.45. The van der Waals surface area contributed by atoms with Gasteiger partial charge in [-0.1, -0.05) is 12.1 Å². The van der Waals surface area contributed by atoms with Crippen molar-refractivity contribution in [2.24, 2.45) is 0 Å². The van der Waals surface area contributed by atoms with Crippen molar-refractivity contribution in [1.82, 2.24) is 24.9 Å². The molecule has 4 aromatic rings. The first kappa shape index (κ1) is 22.1. The Balaban J connectivity index is 1.46. The van der Waals surface area contributed by atoms with Crippen LogP contribution in [0.5, 0.6) is 17.2 Å². The molecule has 0 saturated carbocycles. The second kappa shape index (κ2) is 9.56. The number of ether oxygens (including phenoxy) is 3. The van der Waals surface area contributed by atoms with Crippen molar-refractivity contribution in [3.8, 4) is 28.5 Å². The van der Waals surface area contributed by atoms with Crippen molar-refractivity contribution in [3.63, 3.8) is 0 Å². The van der Waals surface area contributed by atoms with Gasteiger partial charge >= 0.3 is 0 Å². The van der Waals surface area contributed by atoms with E-state index in [1.807, 2.05) is 49.4 Å². The summed E-state index contributed by atoms with van der Waals surface area (Å²) in [7, 11) is 3.18. The third-order valence-electron chi connectivity index (χ3n) is 5.12. The first-order chi connectivity index (χ1) is 16.0. The Morgan fingerprint density at radius 2 is 1.73 bits per heavy atom. The quantitative estimate of drug-likeness (QED) is 0.442. The highest BCUT2D eigenvalue weighted by molar-refractivity contribution is 5.81. The van der Waals surface area contributed by atoms with Crippen LogP contribution < -0.4 is 19.5 Å². The van der Waals surface area contributed by atoms with Crippen LogP contribution in [-0.4, -0.2) is 45.8 Å². The molecule has 0 saturated heterocycles. The van der Waals surface area contributed by atoms with E-state index in [4.69, 9.17) is 14.2 Å². The van der Waals surface area contributed by atoms with E-state index >= 15 is 0 Å². The molecule has 0 radical (unpaired) electrons. The van der Waals surface area contributed by atoms with Gasteiger partial charge in [0.1, 0.15) is 12.1 Å². The Hall–Kier alpha value is -4.14. The molecule has 9 nitrogen and oxygen atoms in total. The van der Waals surface area contributed by atoms with Gasteiger partial charge in [-0.3, -0.25) is 4.79 Å². The van der Waals surface area contributed by atoms with Crippen LogP contribution in [0.4, 0.5) is 0 Å². The van der Waals surface area contributed by atoms with Gasteiger partial charge in [0.05, 0.1) is 26.0 Å². The zero-order valence-corrected chi connectivity index (χ0v) is 18.9. The minimum atomic E-state index is -0.732. The number of rotatable bonds is 8. The number of para-hydroxylation sites is 2. The number of benzene rings is 2. The van der Waals surface area contributed by atoms with E-state index in [9.17, 15) is 4.79 Å². The van der Waals surface area contributed by atoms with E-state index in [1.54, 1.807) is 44.1 Å². The summed E-state index contributed by atoms with van der Waals surface area (Å²) in [6.07, 6.45) is 0.872. The highest BCUT2D eigenvalue weighted by Gasteiger charge is 2.21. The number of hydrogen-bond acceptors (Lipinski definition) is 7. The lowest BCUT2D eigenvalue weighted by atomic mass is 10.1. The molecule has 2 heterocycles. The number of nitrogens with one attached hydrogen (secondary N) is 1. The molecule has 0 fully saturated rings. The van der Waals surface area contributed by atoms with Crippen molar-refractivity contribution >= 4 is 11.6 Å². The fourth-order valence-corrected chi connectivity index (χ4v) is 3.27. The number of nitrogens with zero attached hydrogens (tertiary/aromatic N) is 4. The molecular weight excluding hydrogens is 422 g/mol. The maximum absolute atomic E-state index is 12.7. The topological polar surface area (TPSA) is 99.9 Å². The van der Waals surface area contributed by atoms with Crippen molar-refractivity contribution in [1.29, 1.82) is 0 Å². The van der Waals surface area contributed by atoms with E-state index in [2.05, 4.69) is 20.4 Å². The average molecular weight is 447 g/mol. The Morgan fingerprint density at radius 3 is 2.42 bits per heavy atom. The van der Waals surface area contributed by atoms with Crippen molar-refractivity contribution in [2.45, 2.75) is 26.0 Å². The van der Waals surface area contributed by atoms with Gasteiger partial charge < -0.3 is 19.5 Å². The molecule has 0 aliphatic carbocycles. The minimum absolute atomic E-state index is 0.288. The van der Waals surface area contributed by atoms with Crippen LogP contribution in [0.15, 0.2) is 60.9 Å². The fourth-order valence-electron chi connectivity index (χ4n) is 3.27. The third kappa shape index (κ3) is 4.87. The second-order valence-electron chi connectivity index (χ2n) is 7.42. The molecule has 1 amide bonds. The Bertz CT molecular complexity index is 1260. The van der Waals surface area contributed by atoms with Crippen LogP contribution in [0.3, 0.4) is 0 Å². The van der Waals surface area contributed by atoms with Gasteiger partial charge in [0.15, 0.2) is 29.1 Å². The number of aromatic nitrogens is 4. The Morgan fingerprint density at radius 1 is 1.00 bits per heavy atom. The van der Waals surface area contributed by atoms with Gasteiger partial charge in [-0.15, -0.1) is 5.10 Å². The molecule has 2 aromatic heterocycles. The van der Waals surface area contributed by atoms with Crippen molar-refractivity contribution in [2.75, 3.05) is 14.2 Å². The Kier molecular flexibility index (Phi) is 6.39. The van der Waals surface area contributed by atoms with E-state index in [-0.39, 0.29) is 5.91 Å². The smallest absolute Gasteiger partial charge is 0.261 e. The van der Waals surface area contributed by atoms with Gasteiger partial charge in [0.25, 0.3) is 5.91 Å². The molecule has 2 atom stereocenters.